The molecule has 0 spiro atoms. The molecule has 110 valence electrons. The molecular formula is C17H20FN2O+. The van der Waals surface area contributed by atoms with Crippen LogP contribution in [0, 0.1) is 5.92 Å². The highest BCUT2D eigenvalue weighted by Crippen LogP contribution is 2.49. The second-order valence-electron chi connectivity index (χ2n) is 6.39. The van der Waals surface area contributed by atoms with Crippen LogP contribution in [0.5, 0.6) is 0 Å². The highest BCUT2D eigenvalue weighted by atomic mass is 19.2. The number of para-hydroxylation sites is 1. The molecule has 1 unspecified atom stereocenters. The maximum Gasteiger partial charge on any atom is 0.257 e. The standard InChI is InChI=1S/C17H19FN2O/c18-20(11-12-5-1-2-6-12)14-8-4-3-7-13(14)16-15(20)9-10-19-17(16)21/h3-4,7-8,12H,1-2,5-6,9-11H2/p+1. The van der Waals surface area contributed by atoms with Crippen molar-refractivity contribution in [3.63, 3.8) is 0 Å². The first kappa shape index (κ1) is 13.0. The van der Waals surface area contributed by atoms with Gasteiger partial charge in [0.25, 0.3) is 5.91 Å². The quantitative estimate of drug-likeness (QED) is 0.831. The van der Waals surface area contributed by atoms with Gasteiger partial charge in [-0.2, -0.15) is 0 Å². The molecule has 4 heteroatoms. The molecule has 1 amide bonds. The third-order valence-electron chi connectivity index (χ3n) is 5.13. The van der Waals surface area contributed by atoms with Crippen molar-refractivity contribution in [2.45, 2.75) is 32.1 Å². The first-order valence-corrected chi connectivity index (χ1v) is 7.90. The molecule has 0 bridgehead atoms. The number of nitrogens with one attached hydrogen (secondary N) is 1. The Balaban J connectivity index is 1.83. The van der Waals surface area contributed by atoms with Gasteiger partial charge < -0.3 is 5.32 Å². The second-order valence-corrected chi connectivity index (χ2v) is 6.39. The average Bonchev–Trinajstić information content (AvgIpc) is 3.07. The molecule has 0 saturated heterocycles. The van der Waals surface area contributed by atoms with Gasteiger partial charge in [0.15, 0.2) is 11.4 Å². The summed E-state index contributed by atoms with van der Waals surface area (Å²) in [6.45, 7) is 1.03. The van der Waals surface area contributed by atoms with Crippen molar-refractivity contribution >= 4 is 17.2 Å². The summed E-state index contributed by atoms with van der Waals surface area (Å²) in [6.07, 6.45) is 5.25. The summed E-state index contributed by atoms with van der Waals surface area (Å²) in [5.74, 6) is 0.313. The summed E-state index contributed by atoms with van der Waals surface area (Å²) in [4.78, 5) is 12.2. The Bertz CT molecular complexity index is 633. The van der Waals surface area contributed by atoms with Crippen LogP contribution in [0.4, 0.5) is 10.2 Å². The van der Waals surface area contributed by atoms with E-state index in [2.05, 4.69) is 5.32 Å². The van der Waals surface area contributed by atoms with Crippen molar-refractivity contribution in [1.82, 2.24) is 10.0 Å². The summed E-state index contributed by atoms with van der Waals surface area (Å²) in [5.41, 5.74) is 2.70. The van der Waals surface area contributed by atoms with Crippen LogP contribution in [0.2, 0.25) is 0 Å². The van der Waals surface area contributed by atoms with Crippen molar-refractivity contribution < 1.29 is 9.28 Å². The largest absolute Gasteiger partial charge is 0.351 e. The fourth-order valence-electron chi connectivity index (χ4n) is 4.17. The van der Waals surface area contributed by atoms with Gasteiger partial charge in [-0.15, -0.1) is 0 Å². The van der Waals surface area contributed by atoms with Crippen molar-refractivity contribution in [2.75, 3.05) is 13.1 Å². The molecule has 0 radical (unpaired) electrons. The predicted molar refractivity (Wildman–Crippen MR) is 80.7 cm³/mol. The summed E-state index contributed by atoms with van der Waals surface area (Å²) in [5, 5.41) is 2.85. The monoisotopic (exact) mass is 287 g/mol. The fraction of sp³-hybridized carbons (Fsp3) is 0.471. The lowest BCUT2D eigenvalue weighted by atomic mass is 10.0. The Hall–Kier alpha value is -1.68. The minimum absolute atomic E-state index is 0.118. The van der Waals surface area contributed by atoms with Crippen LogP contribution in [-0.2, 0) is 4.79 Å². The van der Waals surface area contributed by atoms with Crippen LogP contribution < -0.4 is 10.0 Å². The van der Waals surface area contributed by atoms with Gasteiger partial charge in [0, 0.05) is 29.4 Å². The number of quaternary nitrogens is 1. The zero-order valence-corrected chi connectivity index (χ0v) is 12.1. The Morgan fingerprint density at radius 3 is 2.81 bits per heavy atom. The molecule has 1 fully saturated rings. The molecule has 4 rings (SSSR count). The maximum absolute atomic E-state index is 16.0. The molecule has 3 aliphatic rings. The van der Waals surface area contributed by atoms with Gasteiger partial charge in [-0.25, -0.2) is 0 Å². The maximum atomic E-state index is 16.0. The Morgan fingerprint density at radius 2 is 2.00 bits per heavy atom. The van der Waals surface area contributed by atoms with E-state index in [1.165, 1.54) is 12.8 Å². The van der Waals surface area contributed by atoms with Crippen LogP contribution in [0.25, 0.3) is 5.57 Å². The Labute approximate surface area is 124 Å². The molecule has 1 saturated carbocycles. The normalized spacial score (nSPS) is 28.5. The zero-order valence-electron chi connectivity index (χ0n) is 12.1. The molecule has 3 nitrogen and oxygen atoms in total. The van der Waals surface area contributed by atoms with Crippen LogP contribution in [0.1, 0.15) is 37.7 Å². The van der Waals surface area contributed by atoms with E-state index in [1.807, 2.05) is 24.3 Å². The van der Waals surface area contributed by atoms with Gasteiger partial charge in [0.2, 0.25) is 0 Å². The second kappa shape index (κ2) is 4.67. The van der Waals surface area contributed by atoms with Gasteiger partial charge in [0.05, 0.1) is 5.56 Å². The van der Waals surface area contributed by atoms with E-state index in [9.17, 15) is 4.79 Å². The van der Waals surface area contributed by atoms with Crippen LogP contribution in [-0.4, -0.2) is 19.0 Å². The van der Waals surface area contributed by atoms with E-state index in [0.717, 1.165) is 18.4 Å². The van der Waals surface area contributed by atoms with Crippen molar-refractivity contribution in [3.05, 3.63) is 35.5 Å². The minimum atomic E-state index is -0.635. The number of fused-ring (bicyclic) bond motifs is 2. The number of hydrogen-bond donors (Lipinski definition) is 1. The molecule has 1 aromatic rings. The number of carbonyl (C=O) groups is 1. The third kappa shape index (κ3) is 1.85. The molecule has 1 atom stereocenters. The van der Waals surface area contributed by atoms with E-state index in [0.29, 0.717) is 42.4 Å². The number of nitrogens with zero attached hydrogens (tertiary/aromatic N) is 1. The molecule has 21 heavy (non-hydrogen) atoms. The van der Waals surface area contributed by atoms with Gasteiger partial charge in [-0.3, -0.25) is 4.79 Å². The van der Waals surface area contributed by atoms with Crippen molar-refractivity contribution in [2.24, 2.45) is 5.92 Å². The summed E-state index contributed by atoms with van der Waals surface area (Å²) in [6, 6.07) is 7.48. The zero-order chi connectivity index (χ0) is 14.4. The van der Waals surface area contributed by atoms with Crippen LogP contribution in [0.3, 0.4) is 0 Å². The molecule has 2 aliphatic heterocycles. The molecule has 2 heterocycles. The van der Waals surface area contributed by atoms with Gasteiger partial charge in [-0.1, -0.05) is 29.7 Å². The molecular weight excluding hydrogens is 267 g/mol. The molecule has 0 aromatic heterocycles. The lowest BCUT2D eigenvalue weighted by molar-refractivity contribution is -0.116. The van der Waals surface area contributed by atoms with Gasteiger partial charge >= 0.3 is 0 Å². The Kier molecular flexibility index (Phi) is 2.89. The summed E-state index contributed by atoms with van der Waals surface area (Å²) in [7, 11) is 0. The van der Waals surface area contributed by atoms with Crippen molar-refractivity contribution in [1.29, 1.82) is 0 Å². The smallest absolute Gasteiger partial charge is 0.257 e. The van der Waals surface area contributed by atoms with E-state index in [1.54, 1.807) is 0 Å². The topological polar surface area (TPSA) is 29.1 Å². The minimum Gasteiger partial charge on any atom is -0.351 e. The molecule has 1 aliphatic carbocycles. The Morgan fingerprint density at radius 1 is 1.24 bits per heavy atom. The number of hydrogen-bond acceptors (Lipinski definition) is 1. The highest BCUT2D eigenvalue weighted by Gasteiger charge is 2.52. The third-order valence-corrected chi connectivity index (χ3v) is 5.13. The van der Waals surface area contributed by atoms with E-state index < -0.39 is 4.71 Å². The lowest BCUT2D eigenvalue weighted by Crippen LogP contribution is -2.44. The van der Waals surface area contributed by atoms with E-state index in [-0.39, 0.29) is 5.91 Å². The van der Waals surface area contributed by atoms with Gasteiger partial charge in [-0.05, 0) is 18.9 Å². The number of carbonyl (C=O) groups excluding carboxylic acids is 1. The van der Waals surface area contributed by atoms with Crippen LogP contribution >= 0.6 is 0 Å². The first-order chi connectivity index (χ1) is 10.2. The van der Waals surface area contributed by atoms with E-state index in [4.69, 9.17) is 0 Å². The number of amides is 1. The highest BCUT2D eigenvalue weighted by molar-refractivity contribution is 6.24. The number of rotatable bonds is 2. The fourth-order valence-corrected chi connectivity index (χ4v) is 4.17. The summed E-state index contributed by atoms with van der Waals surface area (Å²) >= 11 is 0. The molecule has 1 N–H and O–H groups in total. The SMILES string of the molecule is O=C1NCCC2=C1c1ccccc1[N+]2(F)CC1CCCC1. The number of benzene rings is 1. The molecule has 1 aromatic carbocycles. The number of halogens is 1. The van der Waals surface area contributed by atoms with Crippen molar-refractivity contribution in [3.8, 4) is 0 Å². The van der Waals surface area contributed by atoms with Gasteiger partial charge in [0.1, 0.15) is 12.1 Å². The average molecular weight is 287 g/mol. The lowest BCUT2D eigenvalue weighted by Gasteiger charge is -2.28. The summed E-state index contributed by atoms with van der Waals surface area (Å²) < 4.78 is 15.3. The van der Waals surface area contributed by atoms with E-state index >= 15 is 4.48 Å². The predicted octanol–water partition coefficient (Wildman–Crippen LogP) is 3.31. The van der Waals surface area contributed by atoms with Crippen LogP contribution in [0.15, 0.2) is 30.0 Å². The first-order valence-electron chi connectivity index (χ1n) is 7.90.